The number of fused-ring (bicyclic) bond motifs is 1. The van der Waals surface area contributed by atoms with Gasteiger partial charge in [0.05, 0.1) is 12.5 Å². The first-order valence-corrected chi connectivity index (χ1v) is 11.1. The zero-order valence-electron chi connectivity index (χ0n) is 17.1. The van der Waals surface area contributed by atoms with Crippen molar-refractivity contribution < 1.29 is 14.3 Å². The standard InChI is InChI=1S/C24H26N2O3S/c1-29-22(27)24(19-7-3-2-4-8-19)12-15-26(16-13-24)23(28)25-14-11-18-17-30-21-10-6-5-9-20(18)21/h2-10,17H,11-16H2,1H3,(H,25,28). The number of nitrogens with zero attached hydrogens (tertiary/aromatic N) is 1. The number of methoxy groups -OCH3 is 1. The fraction of sp³-hybridized carbons (Fsp3) is 0.333. The van der Waals surface area contributed by atoms with Crippen molar-refractivity contribution in [2.24, 2.45) is 0 Å². The normalized spacial score (nSPS) is 15.7. The summed E-state index contributed by atoms with van der Waals surface area (Å²) in [6.07, 6.45) is 1.93. The summed E-state index contributed by atoms with van der Waals surface area (Å²) in [5.74, 6) is -0.224. The molecule has 6 heteroatoms. The van der Waals surface area contributed by atoms with Gasteiger partial charge in [0.15, 0.2) is 0 Å². The summed E-state index contributed by atoms with van der Waals surface area (Å²) in [6, 6.07) is 18.0. The van der Waals surface area contributed by atoms with Crippen LogP contribution in [0.15, 0.2) is 60.0 Å². The van der Waals surface area contributed by atoms with E-state index in [-0.39, 0.29) is 12.0 Å². The Bertz CT molecular complexity index is 1020. The van der Waals surface area contributed by atoms with E-state index in [1.165, 1.54) is 22.8 Å². The maximum atomic E-state index is 12.7. The largest absolute Gasteiger partial charge is 0.468 e. The van der Waals surface area contributed by atoms with Crippen LogP contribution in [-0.4, -0.2) is 43.6 Å². The topological polar surface area (TPSA) is 58.6 Å². The van der Waals surface area contributed by atoms with Crippen molar-refractivity contribution in [3.63, 3.8) is 0 Å². The van der Waals surface area contributed by atoms with Gasteiger partial charge in [-0.3, -0.25) is 4.79 Å². The molecule has 1 fully saturated rings. The highest BCUT2D eigenvalue weighted by Crippen LogP contribution is 2.36. The maximum absolute atomic E-state index is 12.7. The number of nitrogens with one attached hydrogen (secondary N) is 1. The van der Waals surface area contributed by atoms with Crippen LogP contribution >= 0.6 is 11.3 Å². The van der Waals surface area contributed by atoms with Gasteiger partial charge in [0, 0.05) is 24.3 Å². The molecule has 0 atom stereocenters. The van der Waals surface area contributed by atoms with Gasteiger partial charge in [-0.2, -0.15) is 0 Å². The van der Waals surface area contributed by atoms with E-state index < -0.39 is 5.41 Å². The minimum atomic E-state index is -0.678. The van der Waals surface area contributed by atoms with Crippen molar-refractivity contribution in [2.75, 3.05) is 26.7 Å². The van der Waals surface area contributed by atoms with Crippen LogP contribution in [0.5, 0.6) is 0 Å². The van der Waals surface area contributed by atoms with Crippen LogP contribution in [0.2, 0.25) is 0 Å². The van der Waals surface area contributed by atoms with Crippen LogP contribution in [0.1, 0.15) is 24.0 Å². The van der Waals surface area contributed by atoms with Gasteiger partial charge in [-0.15, -0.1) is 11.3 Å². The molecule has 156 valence electrons. The van der Waals surface area contributed by atoms with Crippen LogP contribution < -0.4 is 5.32 Å². The van der Waals surface area contributed by atoms with E-state index in [9.17, 15) is 9.59 Å². The molecule has 0 bridgehead atoms. The van der Waals surface area contributed by atoms with Crippen molar-refractivity contribution in [2.45, 2.75) is 24.7 Å². The quantitative estimate of drug-likeness (QED) is 0.622. The Morgan fingerprint density at radius 3 is 2.50 bits per heavy atom. The first-order valence-electron chi connectivity index (χ1n) is 10.3. The molecular formula is C24H26N2O3S. The number of likely N-dealkylation sites (tertiary alicyclic amines) is 1. The third-order valence-electron chi connectivity index (χ3n) is 6.04. The number of esters is 1. The molecular weight excluding hydrogens is 396 g/mol. The Hall–Kier alpha value is -2.86. The van der Waals surface area contributed by atoms with Gasteiger partial charge in [0.1, 0.15) is 0 Å². The molecule has 30 heavy (non-hydrogen) atoms. The molecule has 1 aliphatic rings. The molecule has 0 aliphatic carbocycles. The fourth-order valence-electron chi connectivity index (χ4n) is 4.30. The lowest BCUT2D eigenvalue weighted by molar-refractivity contribution is -0.149. The number of hydrogen-bond donors (Lipinski definition) is 1. The van der Waals surface area contributed by atoms with Crippen LogP contribution in [0, 0.1) is 0 Å². The first-order chi connectivity index (χ1) is 14.6. The molecule has 0 unspecified atom stereocenters. The SMILES string of the molecule is COC(=O)C1(c2ccccc2)CCN(C(=O)NCCc2csc3ccccc23)CC1. The Kier molecular flexibility index (Phi) is 6.04. The van der Waals surface area contributed by atoms with Crippen LogP contribution in [-0.2, 0) is 21.4 Å². The molecule has 3 aromatic rings. The van der Waals surface area contributed by atoms with E-state index in [1.54, 1.807) is 16.2 Å². The molecule has 1 N–H and O–H groups in total. The number of thiophene rings is 1. The lowest BCUT2D eigenvalue weighted by Gasteiger charge is -2.40. The average molecular weight is 423 g/mol. The lowest BCUT2D eigenvalue weighted by Crippen LogP contribution is -2.52. The highest BCUT2D eigenvalue weighted by atomic mass is 32.1. The van der Waals surface area contributed by atoms with Crippen LogP contribution in [0.4, 0.5) is 4.79 Å². The maximum Gasteiger partial charge on any atom is 0.317 e. The predicted octanol–water partition coefficient (Wildman–Crippen LogP) is 4.36. The molecule has 1 saturated heterocycles. The summed E-state index contributed by atoms with van der Waals surface area (Å²) in [6.45, 7) is 1.64. The first kappa shape index (κ1) is 20.4. The zero-order valence-corrected chi connectivity index (χ0v) is 17.9. The van der Waals surface area contributed by atoms with E-state index in [4.69, 9.17) is 4.74 Å². The number of benzene rings is 2. The lowest BCUT2D eigenvalue weighted by atomic mass is 9.73. The van der Waals surface area contributed by atoms with Crippen molar-refractivity contribution in [3.05, 3.63) is 71.1 Å². The Morgan fingerprint density at radius 1 is 1.07 bits per heavy atom. The van der Waals surface area contributed by atoms with Crippen LogP contribution in [0.25, 0.3) is 10.1 Å². The van der Waals surface area contributed by atoms with E-state index in [0.29, 0.717) is 32.5 Å². The van der Waals surface area contributed by atoms with Gasteiger partial charge < -0.3 is 15.0 Å². The van der Waals surface area contributed by atoms with Gasteiger partial charge in [-0.05, 0) is 47.2 Å². The number of urea groups is 1. The summed E-state index contributed by atoms with van der Waals surface area (Å²) in [7, 11) is 1.43. The average Bonchev–Trinajstić information content (AvgIpc) is 3.22. The zero-order chi connectivity index (χ0) is 21.0. The second kappa shape index (κ2) is 8.88. The molecule has 1 aliphatic heterocycles. The molecule has 2 amide bonds. The van der Waals surface area contributed by atoms with Gasteiger partial charge >= 0.3 is 12.0 Å². The number of amides is 2. The van der Waals surface area contributed by atoms with Gasteiger partial charge in [0.2, 0.25) is 0 Å². The van der Waals surface area contributed by atoms with Crippen LogP contribution in [0.3, 0.4) is 0 Å². The monoisotopic (exact) mass is 422 g/mol. The number of carbonyl (C=O) groups excluding carboxylic acids is 2. The van der Waals surface area contributed by atoms with E-state index in [2.05, 4.69) is 22.8 Å². The molecule has 0 radical (unpaired) electrons. The summed E-state index contributed by atoms with van der Waals surface area (Å²) in [5.41, 5.74) is 1.55. The number of ether oxygens (including phenoxy) is 1. The smallest absolute Gasteiger partial charge is 0.317 e. The number of rotatable bonds is 5. The molecule has 0 spiro atoms. The number of hydrogen-bond acceptors (Lipinski definition) is 4. The molecule has 2 heterocycles. The fourth-order valence-corrected chi connectivity index (χ4v) is 5.29. The van der Waals surface area contributed by atoms with E-state index >= 15 is 0 Å². The Morgan fingerprint density at radius 2 is 1.77 bits per heavy atom. The van der Waals surface area contributed by atoms with E-state index in [1.807, 2.05) is 42.5 Å². The Labute approximate surface area is 180 Å². The number of carbonyl (C=O) groups is 2. The molecule has 0 saturated carbocycles. The second-order valence-corrected chi connectivity index (χ2v) is 8.58. The molecule has 1 aromatic heterocycles. The molecule has 5 nitrogen and oxygen atoms in total. The van der Waals surface area contributed by atoms with Crippen molar-refractivity contribution in [3.8, 4) is 0 Å². The molecule has 2 aromatic carbocycles. The summed E-state index contributed by atoms with van der Waals surface area (Å²) < 4.78 is 6.40. The minimum Gasteiger partial charge on any atom is -0.468 e. The van der Waals surface area contributed by atoms with Gasteiger partial charge in [0.25, 0.3) is 0 Å². The van der Waals surface area contributed by atoms with Crippen molar-refractivity contribution in [1.29, 1.82) is 0 Å². The third-order valence-corrected chi connectivity index (χ3v) is 7.05. The number of piperidine rings is 1. The van der Waals surface area contributed by atoms with Crippen molar-refractivity contribution >= 4 is 33.4 Å². The predicted molar refractivity (Wildman–Crippen MR) is 120 cm³/mol. The van der Waals surface area contributed by atoms with Crippen molar-refractivity contribution in [1.82, 2.24) is 10.2 Å². The van der Waals surface area contributed by atoms with Gasteiger partial charge in [-0.1, -0.05) is 48.5 Å². The summed E-state index contributed by atoms with van der Waals surface area (Å²) >= 11 is 1.74. The highest BCUT2D eigenvalue weighted by molar-refractivity contribution is 7.17. The molecule has 4 rings (SSSR count). The summed E-state index contributed by atoms with van der Waals surface area (Å²) in [5, 5.41) is 6.47. The highest BCUT2D eigenvalue weighted by Gasteiger charge is 2.44. The minimum absolute atomic E-state index is 0.0685. The van der Waals surface area contributed by atoms with E-state index in [0.717, 1.165) is 12.0 Å². The van der Waals surface area contributed by atoms with Gasteiger partial charge in [-0.25, -0.2) is 4.79 Å². The summed E-state index contributed by atoms with van der Waals surface area (Å²) in [4.78, 5) is 27.1. The third kappa shape index (κ3) is 3.92. The second-order valence-electron chi connectivity index (χ2n) is 7.67. The Balaban J connectivity index is 1.35.